The molecule has 3 rings (SSSR count). The molecule has 0 spiro atoms. The van der Waals surface area contributed by atoms with Crippen molar-refractivity contribution < 1.29 is 9.53 Å². The molecular weight excluding hydrogens is 340 g/mol. The molecule has 2 heterocycles. The number of para-hydroxylation sites is 1. The number of nitrogens with zero attached hydrogens (tertiary/aromatic N) is 2. The highest BCUT2D eigenvalue weighted by Gasteiger charge is 2.35. The molecule has 0 saturated carbocycles. The maximum atomic E-state index is 12.3. The molecule has 1 aromatic carbocycles. The molecule has 1 unspecified atom stereocenters. The van der Waals surface area contributed by atoms with E-state index in [4.69, 9.17) is 9.84 Å². The molecule has 6 heteroatoms. The fourth-order valence-corrected chi connectivity index (χ4v) is 3.49. The average Bonchev–Trinajstić information content (AvgIpc) is 3.22. The van der Waals surface area contributed by atoms with Gasteiger partial charge < -0.3 is 15.4 Å². The fraction of sp³-hybridized carbons (Fsp3) is 0.524. The topological polar surface area (TPSA) is 68.2 Å². The van der Waals surface area contributed by atoms with Gasteiger partial charge in [-0.05, 0) is 38.3 Å². The molecule has 1 aliphatic heterocycles. The minimum atomic E-state index is -0.172. The van der Waals surface area contributed by atoms with Gasteiger partial charge in [-0.3, -0.25) is 0 Å². The van der Waals surface area contributed by atoms with E-state index in [2.05, 4.69) is 38.3 Å². The summed E-state index contributed by atoms with van der Waals surface area (Å²) < 4.78 is 7.60. The Balaban J connectivity index is 1.60. The molecule has 6 nitrogen and oxygen atoms in total. The second-order valence-corrected chi connectivity index (χ2v) is 7.98. The van der Waals surface area contributed by atoms with Gasteiger partial charge in [0.2, 0.25) is 0 Å². The fourth-order valence-electron chi connectivity index (χ4n) is 3.49. The second kappa shape index (κ2) is 8.13. The minimum Gasteiger partial charge on any atom is -0.375 e. The highest BCUT2D eigenvalue weighted by atomic mass is 16.5. The van der Waals surface area contributed by atoms with Gasteiger partial charge in [-0.15, -0.1) is 0 Å². The molecule has 1 aliphatic rings. The van der Waals surface area contributed by atoms with Gasteiger partial charge >= 0.3 is 6.03 Å². The highest BCUT2D eigenvalue weighted by Crippen LogP contribution is 2.30. The van der Waals surface area contributed by atoms with E-state index in [0.717, 1.165) is 30.0 Å². The lowest BCUT2D eigenvalue weighted by Crippen LogP contribution is -2.42. The SMILES string of the molecule is CC(C)c1nn(-c2ccccc2)cc1CNC(=O)NCC1CCOC1(C)C. The predicted octanol–water partition coefficient (Wildman–Crippen LogP) is 3.61. The lowest BCUT2D eigenvalue weighted by molar-refractivity contribution is 0.0120. The van der Waals surface area contributed by atoms with Crippen LogP contribution in [0.3, 0.4) is 0 Å². The zero-order valence-electron chi connectivity index (χ0n) is 16.7. The zero-order chi connectivity index (χ0) is 19.4. The predicted molar refractivity (Wildman–Crippen MR) is 106 cm³/mol. The van der Waals surface area contributed by atoms with Crippen LogP contribution in [0.25, 0.3) is 5.69 Å². The number of ether oxygens (including phenoxy) is 1. The average molecular weight is 370 g/mol. The van der Waals surface area contributed by atoms with E-state index < -0.39 is 0 Å². The van der Waals surface area contributed by atoms with Crippen molar-refractivity contribution in [3.05, 3.63) is 47.8 Å². The van der Waals surface area contributed by atoms with Crippen LogP contribution in [0.4, 0.5) is 4.79 Å². The molecule has 2 aromatic rings. The van der Waals surface area contributed by atoms with Crippen molar-refractivity contribution in [3.63, 3.8) is 0 Å². The van der Waals surface area contributed by atoms with E-state index in [1.165, 1.54) is 0 Å². The van der Waals surface area contributed by atoms with Crippen molar-refractivity contribution in [1.29, 1.82) is 0 Å². The Kier molecular flexibility index (Phi) is 5.85. The summed E-state index contributed by atoms with van der Waals surface area (Å²) in [5.74, 6) is 0.626. The van der Waals surface area contributed by atoms with Crippen molar-refractivity contribution in [2.45, 2.75) is 52.2 Å². The van der Waals surface area contributed by atoms with Gasteiger partial charge in [0.25, 0.3) is 0 Å². The van der Waals surface area contributed by atoms with Crippen molar-refractivity contribution in [2.24, 2.45) is 5.92 Å². The molecule has 2 amide bonds. The number of carbonyl (C=O) groups excluding carboxylic acids is 1. The van der Waals surface area contributed by atoms with E-state index >= 15 is 0 Å². The first kappa shape index (κ1) is 19.4. The van der Waals surface area contributed by atoms with Crippen LogP contribution in [-0.2, 0) is 11.3 Å². The Labute approximate surface area is 161 Å². The summed E-state index contributed by atoms with van der Waals surface area (Å²) >= 11 is 0. The third-order valence-corrected chi connectivity index (χ3v) is 5.26. The molecule has 146 valence electrons. The number of rotatable bonds is 6. The van der Waals surface area contributed by atoms with Gasteiger partial charge in [-0.25, -0.2) is 9.48 Å². The van der Waals surface area contributed by atoms with Crippen LogP contribution < -0.4 is 10.6 Å². The zero-order valence-corrected chi connectivity index (χ0v) is 16.7. The summed E-state index contributed by atoms with van der Waals surface area (Å²) in [6, 6.07) is 9.86. The van der Waals surface area contributed by atoms with Gasteiger partial charge in [0.05, 0.1) is 17.0 Å². The van der Waals surface area contributed by atoms with Crippen LogP contribution in [0.5, 0.6) is 0 Å². The number of carbonyl (C=O) groups is 1. The van der Waals surface area contributed by atoms with E-state index in [9.17, 15) is 4.79 Å². The Morgan fingerprint density at radius 3 is 2.67 bits per heavy atom. The van der Waals surface area contributed by atoms with E-state index in [-0.39, 0.29) is 17.6 Å². The van der Waals surface area contributed by atoms with Gasteiger partial charge in [-0.1, -0.05) is 32.0 Å². The Morgan fingerprint density at radius 1 is 1.30 bits per heavy atom. The summed E-state index contributed by atoms with van der Waals surface area (Å²) in [6.45, 7) is 10.2. The smallest absolute Gasteiger partial charge is 0.315 e. The van der Waals surface area contributed by atoms with Crippen LogP contribution in [0, 0.1) is 5.92 Å². The number of hydrogen-bond donors (Lipinski definition) is 2. The number of aromatic nitrogens is 2. The summed E-state index contributed by atoms with van der Waals surface area (Å²) in [6.07, 6.45) is 2.98. The van der Waals surface area contributed by atoms with E-state index in [0.29, 0.717) is 19.0 Å². The lowest BCUT2D eigenvalue weighted by Gasteiger charge is -2.25. The second-order valence-electron chi connectivity index (χ2n) is 7.98. The molecular formula is C21H30N4O2. The van der Waals surface area contributed by atoms with Crippen LogP contribution >= 0.6 is 0 Å². The first-order chi connectivity index (χ1) is 12.9. The molecule has 0 aliphatic carbocycles. The van der Waals surface area contributed by atoms with Crippen molar-refractivity contribution in [3.8, 4) is 5.69 Å². The summed E-state index contributed by atoms with van der Waals surface area (Å²) in [7, 11) is 0. The third kappa shape index (κ3) is 4.69. The van der Waals surface area contributed by atoms with Crippen molar-refractivity contribution in [2.75, 3.05) is 13.2 Å². The number of benzene rings is 1. The number of amides is 2. The molecule has 2 N–H and O–H groups in total. The Bertz CT molecular complexity index is 768. The molecule has 1 fully saturated rings. The van der Waals surface area contributed by atoms with Crippen LogP contribution in [0.15, 0.2) is 36.5 Å². The van der Waals surface area contributed by atoms with Crippen LogP contribution in [-0.4, -0.2) is 34.6 Å². The number of hydrogen-bond acceptors (Lipinski definition) is 3. The monoisotopic (exact) mass is 370 g/mol. The van der Waals surface area contributed by atoms with Gasteiger partial charge in [0.1, 0.15) is 0 Å². The molecule has 0 bridgehead atoms. The Hall–Kier alpha value is -2.34. The number of urea groups is 1. The quantitative estimate of drug-likeness (QED) is 0.816. The van der Waals surface area contributed by atoms with E-state index in [1.54, 1.807) is 0 Å². The van der Waals surface area contributed by atoms with Gasteiger partial charge in [0, 0.05) is 37.4 Å². The first-order valence-corrected chi connectivity index (χ1v) is 9.66. The molecule has 1 saturated heterocycles. The number of nitrogens with one attached hydrogen (secondary N) is 2. The Morgan fingerprint density at radius 2 is 2.04 bits per heavy atom. The van der Waals surface area contributed by atoms with Gasteiger partial charge in [0.15, 0.2) is 0 Å². The molecule has 1 atom stereocenters. The standard InChI is InChI=1S/C21H30N4O2/c1-15(2)19-16(14-25(24-19)18-8-6-5-7-9-18)12-22-20(26)23-13-17-10-11-27-21(17,3)4/h5-9,14-15,17H,10-13H2,1-4H3,(H2,22,23,26). The first-order valence-electron chi connectivity index (χ1n) is 9.66. The third-order valence-electron chi connectivity index (χ3n) is 5.26. The summed E-state index contributed by atoms with van der Waals surface area (Å²) in [5, 5.41) is 10.7. The molecule has 0 radical (unpaired) electrons. The lowest BCUT2D eigenvalue weighted by atomic mass is 9.91. The summed E-state index contributed by atoms with van der Waals surface area (Å²) in [4.78, 5) is 12.3. The van der Waals surface area contributed by atoms with Crippen LogP contribution in [0.1, 0.15) is 51.3 Å². The van der Waals surface area contributed by atoms with Crippen molar-refractivity contribution >= 4 is 6.03 Å². The molecule has 27 heavy (non-hydrogen) atoms. The van der Waals surface area contributed by atoms with E-state index in [1.807, 2.05) is 41.2 Å². The normalized spacial score (nSPS) is 18.6. The summed E-state index contributed by atoms with van der Waals surface area (Å²) in [5.41, 5.74) is 2.88. The van der Waals surface area contributed by atoms with Gasteiger partial charge in [-0.2, -0.15) is 5.10 Å². The van der Waals surface area contributed by atoms with Crippen LogP contribution in [0.2, 0.25) is 0 Å². The van der Waals surface area contributed by atoms with Crippen molar-refractivity contribution in [1.82, 2.24) is 20.4 Å². The largest absolute Gasteiger partial charge is 0.375 e. The minimum absolute atomic E-state index is 0.153. The maximum absolute atomic E-state index is 12.3. The maximum Gasteiger partial charge on any atom is 0.315 e. The highest BCUT2D eigenvalue weighted by molar-refractivity contribution is 5.73. The molecule has 1 aromatic heterocycles.